The van der Waals surface area contributed by atoms with E-state index in [2.05, 4.69) is 26.1 Å². The summed E-state index contributed by atoms with van der Waals surface area (Å²) in [5, 5.41) is 6.48. The van der Waals surface area contributed by atoms with Gasteiger partial charge in [-0.3, -0.25) is 9.89 Å². The van der Waals surface area contributed by atoms with Gasteiger partial charge in [0.1, 0.15) is 0 Å². The van der Waals surface area contributed by atoms with E-state index in [1.165, 1.54) is 13.3 Å². The van der Waals surface area contributed by atoms with Crippen LogP contribution >= 0.6 is 15.9 Å². The fourth-order valence-electron chi connectivity index (χ4n) is 2.41. The monoisotopic (exact) mass is 322 g/mol. The van der Waals surface area contributed by atoms with Crippen molar-refractivity contribution in [3.8, 4) is 0 Å². The largest absolute Gasteiger partial charge is 0.469 e. The molecular formula is C11H13BrF2N2O2. The Balaban J connectivity index is 2.31. The number of esters is 1. The Labute approximate surface area is 111 Å². The normalized spacial score (nSPS) is 26.9. The predicted molar refractivity (Wildman–Crippen MR) is 63.3 cm³/mol. The maximum atomic E-state index is 13.5. The zero-order valence-corrected chi connectivity index (χ0v) is 11.3. The van der Waals surface area contributed by atoms with Gasteiger partial charge in [0.15, 0.2) is 0 Å². The van der Waals surface area contributed by atoms with Gasteiger partial charge in [-0.25, -0.2) is 8.78 Å². The molecule has 100 valence electrons. The number of hydrogen-bond donors (Lipinski definition) is 1. The first-order valence-electron chi connectivity index (χ1n) is 5.59. The molecule has 0 radical (unpaired) electrons. The fraction of sp³-hybridized carbons (Fsp3) is 0.636. The van der Waals surface area contributed by atoms with Crippen LogP contribution in [0.1, 0.15) is 30.9 Å². The van der Waals surface area contributed by atoms with Crippen molar-refractivity contribution < 1.29 is 18.3 Å². The van der Waals surface area contributed by atoms with E-state index in [4.69, 9.17) is 4.74 Å². The van der Waals surface area contributed by atoms with Crippen LogP contribution in [0.4, 0.5) is 8.78 Å². The van der Waals surface area contributed by atoms with Crippen LogP contribution in [0.15, 0.2) is 10.7 Å². The molecule has 0 aromatic carbocycles. The second-order valence-electron chi connectivity index (χ2n) is 4.47. The number of carbonyl (C=O) groups excluding carboxylic acids is 1. The van der Waals surface area contributed by atoms with Crippen LogP contribution in [0.2, 0.25) is 0 Å². The van der Waals surface area contributed by atoms with Crippen molar-refractivity contribution in [1.29, 1.82) is 0 Å². The predicted octanol–water partition coefficient (Wildman–Crippen LogP) is 2.86. The van der Waals surface area contributed by atoms with Gasteiger partial charge in [-0.2, -0.15) is 5.10 Å². The highest BCUT2D eigenvalue weighted by molar-refractivity contribution is 9.10. The highest BCUT2D eigenvalue weighted by atomic mass is 79.9. The lowest BCUT2D eigenvalue weighted by Crippen LogP contribution is -2.36. The molecule has 0 spiro atoms. The molecule has 1 N–H and O–H groups in total. The van der Waals surface area contributed by atoms with Gasteiger partial charge in [0.2, 0.25) is 5.92 Å². The number of carbonyl (C=O) groups is 1. The third-order valence-electron chi connectivity index (χ3n) is 3.32. The summed E-state index contributed by atoms with van der Waals surface area (Å²) >= 11 is 3.25. The summed E-state index contributed by atoms with van der Waals surface area (Å²) in [6.45, 7) is 0. The van der Waals surface area contributed by atoms with E-state index in [1.807, 2.05) is 0 Å². The van der Waals surface area contributed by atoms with Crippen molar-refractivity contribution in [1.82, 2.24) is 10.2 Å². The summed E-state index contributed by atoms with van der Waals surface area (Å²) in [6.07, 6.45) is 0.967. The molecule has 0 bridgehead atoms. The molecule has 4 nitrogen and oxygen atoms in total. The second-order valence-corrected chi connectivity index (χ2v) is 5.32. The van der Waals surface area contributed by atoms with E-state index in [-0.39, 0.29) is 19.3 Å². The number of hydrogen-bond acceptors (Lipinski definition) is 3. The van der Waals surface area contributed by atoms with E-state index in [0.29, 0.717) is 10.2 Å². The van der Waals surface area contributed by atoms with Gasteiger partial charge in [-0.05, 0) is 22.4 Å². The van der Waals surface area contributed by atoms with E-state index in [0.717, 1.165) is 0 Å². The highest BCUT2D eigenvalue weighted by Crippen LogP contribution is 2.46. The molecule has 0 aliphatic heterocycles. The fourth-order valence-corrected chi connectivity index (χ4v) is 2.90. The van der Waals surface area contributed by atoms with Crippen molar-refractivity contribution >= 4 is 21.9 Å². The van der Waals surface area contributed by atoms with Gasteiger partial charge < -0.3 is 4.74 Å². The third-order valence-corrected chi connectivity index (χ3v) is 3.95. The molecule has 1 saturated carbocycles. The first-order valence-corrected chi connectivity index (χ1v) is 6.38. The lowest BCUT2D eigenvalue weighted by molar-refractivity contribution is -0.151. The lowest BCUT2D eigenvalue weighted by atomic mass is 9.75. The molecule has 1 aliphatic carbocycles. The number of halogens is 3. The molecule has 1 aromatic rings. The Morgan fingerprint density at radius 1 is 1.67 bits per heavy atom. The van der Waals surface area contributed by atoms with E-state index in [1.54, 1.807) is 0 Å². The maximum Gasteiger partial charge on any atom is 0.309 e. The van der Waals surface area contributed by atoms with Crippen LogP contribution in [0, 0.1) is 5.92 Å². The maximum absolute atomic E-state index is 13.5. The molecule has 1 fully saturated rings. The number of H-pyrrole nitrogens is 1. The summed E-state index contributed by atoms with van der Waals surface area (Å²) in [7, 11) is 1.27. The van der Waals surface area contributed by atoms with Crippen LogP contribution in [0.25, 0.3) is 0 Å². The van der Waals surface area contributed by atoms with Crippen LogP contribution in [-0.4, -0.2) is 29.2 Å². The zero-order chi connectivity index (χ0) is 13.3. The highest BCUT2D eigenvalue weighted by Gasteiger charge is 2.46. The lowest BCUT2D eigenvalue weighted by Gasteiger charge is -2.33. The number of aromatic nitrogens is 2. The molecule has 2 rings (SSSR count). The van der Waals surface area contributed by atoms with Crippen LogP contribution in [-0.2, 0) is 9.53 Å². The van der Waals surface area contributed by atoms with Crippen molar-refractivity contribution in [2.45, 2.75) is 31.1 Å². The first-order chi connectivity index (χ1) is 8.44. The number of aromatic amines is 1. The third kappa shape index (κ3) is 2.55. The van der Waals surface area contributed by atoms with Gasteiger partial charge in [0, 0.05) is 18.8 Å². The van der Waals surface area contributed by atoms with Gasteiger partial charge in [-0.15, -0.1) is 0 Å². The Morgan fingerprint density at radius 2 is 2.39 bits per heavy atom. The average Bonchev–Trinajstić information content (AvgIpc) is 2.73. The molecule has 2 unspecified atom stereocenters. The smallest absolute Gasteiger partial charge is 0.309 e. The summed E-state index contributed by atoms with van der Waals surface area (Å²) in [4.78, 5) is 11.7. The first kappa shape index (κ1) is 13.5. The van der Waals surface area contributed by atoms with Gasteiger partial charge in [0.25, 0.3) is 0 Å². The number of ether oxygens (including phenoxy) is 1. The molecule has 1 aromatic heterocycles. The quantitative estimate of drug-likeness (QED) is 0.852. The van der Waals surface area contributed by atoms with Gasteiger partial charge in [-0.1, -0.05) is 0 Å². The van der Waals surface area contributed by atoms with E-state index >= 15 is 0 Å². The minimum Gasteiger partial charge on any atom is -0.469 e. The van der Waals surface area contributed by atoms with Crippen molar-refractivity contribution in [2.75, 3.05) is 7.11 Å². The molecular weight excluding hydrogens is 310 g/mol. The average molecular weight is 323 g/mol. The number of rotatable bonds is 2. The number of nitrogens with zero attached hydrogens (tertiary/aromatic N) is 1. The Morgan fingerprint density at radius 3 is 2.94 bits per heavy atom. The van der Waals surface area contributed by atoms with E-state index in [9.17, 15) is 13.6 Å². The van der Waals surface area contributed by atoms with Crippen LogP contribution in [0.3, 0.4) is 0 Å². The van der Waals surface area contributed by atoms with Crippen LogP contribution < -0.4 is 0 Å². The molecule has 1 aliphatic rings. The van der Waals surface area contributed by atoms with Crippen molar-refractivity contribution in [3.05, 3.63) is 16.4 Å². The van der Waals surface area contributed by atoms with Gasteiger partial charge >= 0.3 is 5.97 Å². The second kappa shape index (κ2) is 4.95. The minimum absolute atomic E-state index is 0.121. The SMILES string of the molecule is COC(=O)C1CCC(F)(F)CC1c1[nH]ncc1Br. The molecule has 1 heterocycles. The summed E-state index contributed by atoms with van der Waals surface area (Å²) in [6, 6.07) is 0. The van der Waals surface area contributed by atoms with Gasteiger partial charge in [0.05, 0.1) is 29.4 Å². The Kier molecular flexibility index (Phi) is 3.70. The number of alkyl halides is 2. The Bertz CT molecular complexity index is 450. The standard InChI is InChI=1S/C11H13BrF2N2O2/c1-18-10(17)6-2-3-11(13,14)4-7(6)9-8(12)5-15-16-9/h5-7H,2-4H2,1H3,(H,15,16). The van der Waals surface area contributed by atoms with Crippen molar-refractivity contribution in [2.24, 2.45) is 5.92 Å². The molecule has 7 heteroatoms. The van der Waals surface area contributed by atoms with Crippen molar-refractivity contribution in [3.63, 3.8) is 0 Å². The molecule has 2 atom stereocenters. The summed E-state index contributed by atoms with van der Waals surface area (Å²) in [5.41, 5.74) is 0.532. The zero-order valence-electron chi connectivity index (χ0n) is 9.75. The minimum atomic E-state index is -2.75. The molecule has 0 amide bonds. The molecule has 18 heavy (non-hydrogen) atoms. The summed E-state index contributed by atoms with van der Waals surface area (Å²) in [5.74, 6) is -4.35. The Hall–Kier alpha value is -0.980. The van der Waals surface area contributed by atoms with Crippen LogP contribution in [0.5, 0.6) is 0 Å². The number of methoxy groups -OCH3 is 1. The molecule has 0 saturated heterocycles. The number of nitrogens with one attached hydrogen (secondary N) is 1. The van der Waals surface area contributed by atoms with E-state index < -0.39 is 23.7 Å². The summed E-state index contributed by atoms with van der Waals surface area (Å²) < 4.78 is 32.3. The topological polar surface area (TPSA) is 55.0 Å².